The van der Waals surface area contributed by atoms with E-state index in [4.69, 9.17) is 0 Å². The normalized spacial score (nSPS) is 11.8. The predicted molar refractivity (Wildman–Crippen MR) is 84.9 cm³/mol. The van der Waals surface area contributed by atoms with Gasteiger partial charge in [-0.2, -0.15) is 13.2 Å². The lowest BCUT2D eigenvalue weighted by Crippen LogP contribution is -2.05. The Bertz CT molecular complexity index is 804. The van der Waals surface area contributed by atoms with Crippen LogP contribution in [-0.2, 0) is 6.18 Å². The summed E-state index contributed by atoms with van der Waals surface area (Å²) in [5, 5.41) is 4.20. The molecule has 0 saturated heterocycles. The lowest BCUT2D eigenvalue weighted by atomic mass is 10.2. The molecule has 2 heterocycles. The summed E-state index contributed by atoms with van der Waals surface area (Å²) < 4.78 is 39.7. The van der Waals surface area contributed by atoms with Crippen LogP contribution in [0.1, 0.15) is 18.9 Å². The third-order valence-corrected chi connectivity index (χ3v) is 3.58. The number of hydrogen-bond donors (Lipinski definition) is 1. The number of alkyl halides is 3. The highest BCUT2D eigenvalue weighted by atomic mass is 19.4. The molecule has 0 fully saturated rings. The van der Waals surface area contributed by atoms with Crippen LogP contribution in [0.2, 0.25) is 0 Å². The number of pyridine rings is 1. The average molecular weight is 319 g/mol. The first-order valence-corrected chi connectivity index (χ1v) is 7.37. The van der Waals surface area contributed by atoms with E-state index in [9.17, 15) is 13.2 Å². The van der Waals surface area contributed by atoms with Crippen molar-refractivity contribution in [1.82, 2.24) is 9.55 Å². The molecule has 0 radical (unpaired) electrons. The molecule has 0 bridgehead atoms. The van der Waals surface area contributed by atoms with Gasteiger partial charge in [0.15, 0.2) is 0 Å². The van der Waals surface area contributed by atoms with E-state index in [1.54, 1.807) is 10.8 Å². The summed E-state index contributed by atoms with van der Waals surface area (Å²) in [6.07, 6.45) is 0.239. The molecule has 0 saturated carbocycles. The molecular weight excluding hydrogens is 303 g/mol. The molecule has 3 aromatic rings. The highest BCUT2D eigenvalue weighted by Gasteiger charge is 2.30. The number of rotatable bonds is 4. The number of fused-ring (bicyclic) bond motifs is 1. The summed E-state index contributed by atoms with van der Waals surface area (Å²) in [6, 6.07) is 8.95. The van der Waals surface area contributed by atoms with E-state index in [0.29, 0.717) is 11.3 Å². The zero-order chi connectivity index (χ0) is 16.4. The van der Waals surface area contributed by atoms with Crippen LogP contribution in [0, 0.1) is 0 Å². The molecule has 3 rings (SSSR count). The van der Waals surface area contributed by atoms with Crippen LogP contribution >= 0.6 is 0 Å². The van der Waals surface area contributed by atoms with Crippen LogP contribution in [0.5, 0.6) is 0 Å². The van der Waals surface area contributed by atoms with Gasteiger partial charge in [-0.05, 0) is 42.8 Å². The van der Waals surface area contributed by atoms with Gasteiger partial charge in [0.05, 0.1) is 17.4 Å². The second-order valence-electron chi connectivity index (χ2n) is 5.29. The molecule has 1 aromatic carbocycles. The second kappa shape index (κ2) is 5.95. The molecule has 2 aromatic heterocycles. The van der Waals surface area contributed by atoms with Gasteiger partial charge in [0, 0.05) is 23.8 Å². The Labute approximate surface area is 131 Å². The van der Waals surface area contributed by atoms with Gasteiger partial charge in [0.2, 0.25) is 0 Å². The molecule has 0 aliphatic heterocycles. The van der Waals surface area contributed by atoms with E-state index in [1.807, 2.05) is 18.3 Å². The summed E-state index contributed by atoms with van der Waals surface area (Å²) in [6.45, 7) is 2.95. The highest BCUT2D eigenvalue weighted by molar-refractivity contribution is 5.81. The van der Waals surface area contributed by atoms with Crippen LogP contribution in [0.4, 0.5) is 18.9 Å². The van der Waals surface area contributed by atoms with Gasteiger partial charge in [0.1, 0.15) is 5.65 Å². The highest BCUT2D eigenvalue weighted by Crippen LogP contribution is 2.30. The minimum absolute atomic E-state index is 0.648. The van der Waals surface area contributed by atoms with E-state index in [1.165, 1.54) is 12.1 Å². The van der Waals surface area contributed by atoms with Crippen molar-refractivity contribution in [3.05, 3.63) is 54.4 Å². The number of nitrogens with one attached hydrogen (secondary N) is 1. The molecule has 0 unspecified atom stereocenters. The van der Waals surface area contributed by atoms with Crippen molar-refractivity contribution in [1.29, 1.82) is 0 Å². The molecule has 3 nitrogen and oxygen atoms in total. The molecular formula is C17H16F3N3. The van der Waals surface area contributed by atoms with Crippen molar-refractivity contribution >= 4 is 16.7 Å². The second-order valence-corrected chi connectivity index (χ2v) is 5.29. The maximum Gasteiger partial charge on any atom is 0.416 e. The molecule has 0 spiro atoms. The fourth-order valence-electron chi connectivity index (χ4n) is 2.41. The molecule has 0 atom stereocenters. The zero-order valence-corrected chi connectivity index (χ0v) is 12.6. The number of aromatic nitrogens is 2. The summed E-state index contributed by atoms with van der Waals surface area (Å²) in [5.74, 6) is 0. The van der Waals surface area contributed by atoms with Gasteiger partial charge >= 0.3 is 6.18 Å². The van der Waals surface area contributed by atoms with Gasteiger partial charge in [-0.3, -0.25) is 0 Å². The summed E-state index contributed by atoms with van der Waals surface area (Å²) in [7, 11) is 0. The van der Waals surface area contributed by atoms with E-state index < -0.39 is 11.7 Å². The first kappa shape index (κ1) is 15.4. The van der Waals surface area contributed by atoms with Gasteiger partial charge in [-0.15, -0.1) is 0 Å². The largest absolute Gasteiger partial charge is 0.416 e. The van der Waals surface area contributed by atoms with E-state index in [2.05, 4.69) is 17.2 Å². The van der Waals surface area contributed by atoms with Crippen molar-refractivity contribution in [2.24, 2.45) is 0 Å². The number of anilines is 1. The molecule has 23 heavy (non-hydrogen) atoms. The molecule has 1 N–H and O–H groups in total. The van der Waals surface area contributed by atoms with Crippen molar-refractivity contribution in [2.45, 2.75) is 19.5 Å². The zero-order valence-electron chi connectivity index (χ0n) is 12.6. The topological polar surface area (TPSA) is 29.9 Å². The van der Waals surface area contributed by atoms with Crippen molar-refractivity contribution < 1.29 is 13.2 Å². The minimum Gasteiger partial charge on any atom is -0.384 e. The molecule has 0 aliphatic rings. The fourth-order valence-corrected chi connectivity index (χ4v) is 2.41. The van der Waals surface area contributed by atoms with E-state index in [0.717, 1.165) is 36.2 Å². The third kappa shape index (κ3) is 3.16. The van der Waals surface area contributed by atoms with Crippen LogP contribution in [0.25, 0.3) is 16.7 Å². The molecule has 120 valence electrons. The fraction of sp³-hybridized carbons (Fsp3) is 0.235. The van der Waals surface area contributed by atoms with Crippen LogP contribution in [0.15, 0.2) is 48.8 Å². The minimum atomic E-state index is -4.32. The third-order valence-electron chi connectivity index (χ3n) is 3.58. The average Bonchev–Trinajstić information content (AvgIpc) is 2.95. The van der Waals surface area contributed by atoms with E-state index in [-0.39, 0.29) is 0 Å². The number of hydrogen-bond acceptors (Lipinski definition) is 2. The quantitative estimate of drug-likeness (QED) is 0.744. The lowest BCUT2D eigenvalue weighted by molar-refractivity contribution is -0.137. The number of nitrogens with zero attached hydrogens (tertiary/aromatic N) is 2. The first-order valence-electron chi connectivity index (χ1n) is 7.37. The Morgan fingerprint density at radius 3 is 2.52 bits per heavy atom. The van der Waals surface area contributed by atoms with Gasteiger partial charge < -0.3 is 9.88 Å². The standard InChI is InChI=1S/C17H16F3N3/c1-2-8-21-14-10-12-7-9-23(16(12)22-11-14)15-5-3-13(4-6-15)17(18,19)20/h3-7,9-11,21H,2,8H2,1H3. The smallest absolute Gasteiger partial charge is 0.384 e. The van der Waals surface area contributed by atoms with E-state index >= 15 is 0 Å². The molecule has 6 heteroatoms. The van der Waals surface area contributed by atoms with Crippen molar-refractivity contribution in [3.8, 4) is 5.69 Å². The summed E-state index contributed by atoms with van der Waals surface area (Å²) >= 11 is 0. The summed E-state index contributed by atoms with van der Waals surface area (Å²) in [4.78, 5) is 4.42. The first-order chi connectivity index (χ1) is 11.0. The van der Waals surface area contributed by atoms with Crippen molar-refractivity contribution in [3.63, 3.8) is 0 Å². The maximum atomic E-state index is 12.6. The Balaban J connectivity index is 1.94. The lowest BCUT2D eigenvalue weighted by Gasteiger charge is -2.09. The van der Waals surface area contributed by atoms with Gasteiger partial charge in [0.25, 0.3) is 0 Å². The number of benzene rings is 1. The Morgan fingerprint density at radius 1 is 1.13 bits per heavy atom. The number of halogens is 3. The van der Waals surface area contributed by atoms with Gasteiger partial charge in [-0.1, -0.05) is 6.92 Å². The Morgan fingerprint density at radius 2 is 1.87 bits per heavy atom. The van der Waals surface area contributed by atoms with Crippen LogP contribution in [-0.4, -0.2) is 16.1 Å². The predicted octanol–water partition coefficient (Wildman–Crippen LogP) is 4.87. The Hall–Kier alpha value is -2.50. The SMILES string of the molecule is CCCNc1cnc2c(ccn2-c2ccc(C(F)(F)F)cc2)c1. The monoisotopic (exact) mass is 319 g/mol. The summed E-state index contributed by atoms with van der Waals surface area (Å²) in [5.41, 5.74) is 1.64. The molecule has 0 amide bonds. The molecule has 0 aliphatic carbocycles. The van der Waals surface area contributed by atoms with Crippen LogP contribution in [0.3, 0.4) is 0 Å². The van der Waals surface area contributed by atoms with Crippen LogP contribution < -0.4 is 5.32 Å². The Kier molecular flexibility index (Phi) is 3.98. The maximum absolute atomic E-state index is 12.6. The van der Waals surface area contributed by atoms with Crippen molar-refractivity contribution in [2.75, 3.05) is 11.9 Å². The van der Waals surface area contributed by atoms with Gasteiger partial charge in [-0.25, -0.2) is 4.98 Å².